The fourth-order valence-electron chi connectivity index (χ4n) is 7.04. The first kappa shape index (κ1) is 31.7. The molecule has 0 saturated carbocycles. The van der Waals surface area contributed by atoms with E-state index in [1.54, 1.807) is 24.4 Å². The predicted octanol–water partition coefficient (Wildman–Crippen LogP) is 12.8. The van der Waals surface area contributed by atoms with Crippen LogP contribution in [0.4, 0.5) is 0 Å². The molecule has 2 heterocycles. The number of fused-ring (bicyclic) bond motifs is 1. The third-order valence-electron chi connectivity index (χ3n) is 9.71. The van der Waals surface area contributed by atoms with Crippen molar-refractivity contribution in [1.82, 2.24) is 14.5 Å². The summed E-state index contributed by atoms with van der Waals surface area (Å²) in [6, 6.07) is 39.9. The van der Waals surface area contributed by atoms with Gasteiger partial charge in [0.2, 0.25) is 0 Å². The van der Waals surface area contributed by atoms with Gasteiger partial charge in [0, 0.05) is 38.5 Å². The van der Waals surface area contributed by atoms with Crippen molar-refractivity contribution in [3.8, 4) is 67.5 Å². The van der Waals surface area contributed by atoms with Crippen molar-refractivity contribution in [3.05, 3.63) is 169 Å². The Kier molecular flexibility index (Phi) is 9.03. The molecule has 0 atom stereocenters. The van der Waals surface area contributed by atoms with E-state index in [4.69, 9.17) is 16.8 Å². The molecule has 8 rings (SSSR count). The van der Waals surface area contributed by atoms with Crippen molar-refractivity contribution in [2.75, 3.05) is 0 Å². The van der Waals surface area contributed by atoms with Crippen molar-refractivity contribution in [3.63, 3.8) is 0 Å². The number of hydrogen-bond acceptors (Lipinski definition) is 3. The van der Waals surface area contributed by atoms with Gasteiger partial charge in [-0.05, 0) is 76.4 Å². The standard InChI is InChI=1S/C50H44N3O.Pt/c1-33(2)27-34-23-24-45(43(28-34)36-17-10-7-11-18-36)53-46-21-14-20-41(48(46)52-49(53)42-19-12-13-22-47(42)54)38-29-39(31-40(30-38)50(3,4)5)44-32-37(25-26-51-44)35-15-8-6-9-16-35;/h6-26,28,30-33,54H,27H2,1-5H3;/q-1;/i6D,8D,9D,15D,16D;. The summed E-state index contributed by atoms with van der Waals surface area (Å²) in [5.41, 5.74) is 10.7. The molecule has 0 fully saturated rings. The molecule has 276 valence electrons. The van der Waals surface area contributed by atoms with Crippen molar-refractivity contribution in [2.24, 2.45) is 5.92 Å². The van der Waals surface area contributed by atoms with Gasteiger partial charge in [-0.3, -0.25) is 9.55 Å². The number of rotatable bonds is 8. The molecule has 0 aliphatic carbocycles. The van der Waals surface area contributed by atoms with E-state index in [0.29, 0.717) is 34.1 Å². The minimum Gasteiger partial charge on any atom is -0.507 e. The number of benzene rings is 6. The fourth-order valence-corrected chi connectivity index (χ4v) is 7.04. The van der Waals surface area contributed by atoms with Gasteiger partial charge >= 0.3 is 0 Å². The molecular formula is C50H44N3OPt-. The summed E-state index contributed by atoms with van der Waals surface area (Å²) in [6.07, 6.45) is 2.53. The number of aromatic hydroxyl groups is 1. The van der Waals surface area contributed by atoms with Crippen LogP contribution in [0.5, 0.6) is 5.75 Å². The number of pyridine rings is 1. The summed E-state index contributed by atoms with van der Waals surface area (Å²) >= 11 is 0. The second-order valence-electron chi connectivity index (χ2n) is 15.2. The molecule has 0 spiro atoms. The van der Waals surface area contributed by atoms with Crippen LogP contribution < -0.4 is 0 Å². The molecule has 0 aliphatic rings. The minimum absolute atomic E-state index is 0. The van der Waals surface area contributed by atoms with Gasteiger partial charge in [-0.1, -0.05) is 143 Å². The summed E-state index contributed by atoms with van der Waals surface area (Å²) in [5, 5.41) is 11.3. The Morgan fingerprint density at radius 1 is 0.727 bits per heavy atom. The van der Waals surface area contributed by atoms with Crippen LogP contribution in [0.3, 0.4) is 0 Å². The molecule has 0 bridgehead atoms. The van der Waals surface area contributed by atoms with Crippen LogP contribution in [0.25, 0.3) is 72.7 Å². The van der Waals surface area contributed by atoms with Crippen molar-refractivity contribution in [2.45, 2.75) is 46.5 Å². The molecule has 8 aromatic rings. The number of para-hydroxylation sites is 2. The third-order valence-corrected chi connectivity index (χ3v) is 9.71. The van der Waals surface area contributed by atoms with Crippen LogP contribution in [0, 0.1) is 12.0 Å². The fraction of sp³-hybridized carbons (Fsp3) is 0.160. The number of phenols is 1. The zero-order valence-electron chi connectivity index (χ0n) is 36.4. The van der Waals surface area contributed by atoms with Crippen LogP contribution in [0.15, 0.2) is 152 Å². The second-order valence-corrected chi connectivity index (χ2v) is 15.2. The molecule has 1 N–H and O–H groups in total. The summed E-state index contributed by atoms with van der Waals surface area (Å²) in [7, 11) is 0. The number of imidazole rings is 1. The van der Waals surface area contributed by atoms with E-state index in [1.165, 1.54) is 5.56 Å². The number of phenolic OH excluding ortho intramolecular Hbond substituents is 1. The van der Waals surface area contributed by atoms with Crippen molar-refractivity contribution < 1.29 is 33.0 Å². The second kappa shape index (κ2) is 15.7. The first-order valence-electron chi connectivity index (χ1n) is 20.8. The van der Waals surface area contributed by atoms with E-state index in [9.17, 15) is 5.11 Å². The Bertz CT molecular complexity index is 2870. The molecule has 55 heavy (non-hydrogen) atoms. The first-order chi connectivity index (χ1) is 28.2. The molecular weight excluding hydrogens is 854 g/mol. The Balaban J connectivity index is 0.00000544. The average Bonchev–Trinajstić information content (AvgIpc) is 3.61. The van der Waals surface area contributed by atoms with Gasteiger partial charge in [-0.25, -0.2) is 4.98 Å². The number of aromatic nitrogens is 3. The zero-order chi connectivity index (χ0) is 41.7. The smallest absolute Gasteiger partial charge is 0.148 e. The van der Waals surface area contributed by atoms with Gasteiger partial charge in [-0.2, -0.15) is 0 Å². The Morgan fingerprint density at radius 2 is 1.45 bits per heavy atom. The first-order valence-corrected chi connectivity index (χ1v) is 18.3. The number of nitrogens with zero attached hydrogens (tertiary/aromatic N) is 3. The quantitative estimate of drug-likeness (QED) is 0.155. The molecule has 4 nitrogen and oxygen atoms in total. The Hall–Kier alpha value is -5.57. The van der Waals surface area contributed by atoms with Crippen molar-refractivity contribution >= 4 is 11.0 Å². The maximum Gasteiger partial charge on any atom is 0.148 e. The molecule has 2 aromatic heterocycles. The Labute approximate surface area is 345 Å². The number of hydrogen-bond donors (Lipinski definition) is 1. The monoisotopic (exact) mass is 902 g/mol. The summed E-state index contributed by atoms with van der Waals surface area (Å²) in [5.74, 6) is 1.20. The van der Waals surface area contributed by atoms with Crippen molar-refractivity contribution in [1.29, 1.82) is 0 Å². The Morgan fingerprint density at radius 3 is 2.20 bits per heavy atom. The van der Waals surface area contributed by atoms with Gasteiger partial charge in [0.25, 0.3) is 0 Å². The van der Waals surface area contributed by atoms with E-state index in [-0.39, 0.29) is 62.0 Å². The van der Waals surface area contributed by atoms with Gasteiger partial charge in [0.05, 0.1) is 29.1 Å². The van der Waals surface area contributed by atoms with Gasteiger partial charge in [0.15, 0.2) is 0 Å². The summed E-state index contributed by atoms with van der Waals surface area (Å²) < 4.78 is 44.0. The maximum atomic E-state index is 11.3. The van der Waals surface area contributed by atoms with E-state index in [0.717, 1.165) is 51.0 Å². The van der Waals surface area contributed by atoms with Crippen LogP contribution in [0.2, 0.25) is 0 Å². The molecule has 6 aromatic carbocycles. The zero-order valence-corrected chi connectivity index (χ0v) is 33.7. The molecule has 0 aliphatic heterocycles. The van der Waals surface area contributed by atoms with E-state index < -0.39 is 6.04 Å². The summed E-state index contributed by atoms with van der Waals surface area (Å²) in [4.78, 5) is 10.1. The molecule has 0 unspecified atom stereocenters. The third kappa shape index (κ3) is 7.70. The largest absolute Gasteiger partial charge is 0.507 e. The topological polar surface area (TPSA) is 50.9 Å². The van der Waals surface area contributed by atoms with Crippen LogP contribution >= 0.6 is 0 Å². The summed E-state index contributed by atoms with van der Waals surface area (Å²) in [6.45, 7) is 10.9. The molecule has 5 heteroatoms. The van der Waals surface area contributed by atoms with Crippen LogP contribution in [0.1, 0.15) is 52.6 Å². The average molecular weight is 903 g/mol. The predicted molar refractivity (Wildman–Crippen MR) is 224 cm³/mol. The molecule has 0 saturated heterocycles. The van der Waals surface area contributed by atoms with Crippen LogP contribution in [-0.4, -0.2) is 19.6 Å². The molecule has 0 radical (unpaired) electrons. The van der Waals surface area contributed by atoms with Gasteiger partial charge in [-0.15, -0.1) is 29.3 Å². The molecule has 0 amide bonds. The van der Waals surface area contributed by atoms with E-state index in [2.05, 4.69) is 93.8 Å². The van der Waals surface area contributed by atoms with E-state index in [1.807, 2.05) is 48.5 Å². The maximum absolute atomic E-state index is 11.3. The van der Waals surface area contributed by atoms with Gasteiger partial charge < -0.3 is 5.11 Å². The normalized spacial score (nSPS) is 12.8. The minimum atomic E-state index is -0.435. The van der Waals surface area contributed by atoms with E-state index >= 15 is 0 Å². The van der Waals surface area contributed by atoms with Crippen LogP contribution in [-0.2, 0) is 32.9 Å². The SMILES string of the molecule is [2H]c1c([2H])c([2H])c(-c2ccnc(-c3[c-]c(-c4cccc5c4nc(-c4ccccc4O)n5-c4ccc(CC(C)C)cc4-c4ccccc4)cc(C(C)(C)C)c3)c2)c([2H])c1[2H].[Pt]. The van der Waals surface area contributed by atoms with Gasteiger partial charge in [0.1, 0.15) is 11.6 Å².